The molecule has 5 heteroatoms. The molecule has 0 saturated carbocycles. The zero-order valence-corrected chi connectivity index (χ0v) is 13.3. The summed E-state index contributed by atoms with van der Waals surface area (Å²) in [4.78, 5) is 0.257. The molecular formula is C17H19NO3S. The fourth-order valence-electron chi connectivity index (χ4n) is 2.34. The number of methoxy groups -OCH3 is 1. The number of rotatable bonds is 7. The lowest BCUT2D eigenvalue weighted by Crippen LogP contribution is -2.31. The molecule has 0 saturated heterocycles. The molecular weight excluding hydrogens is 298 g/mol. The predicted molar refractivity (Wildman–Crippen MR) is 89.7 cm³/mol. The summed E-state index contributed by atoms with van der Waals surface area (Å²) in [6, 6.07) is 10.5. The van der Waals surface area contributed by atoms with Gasteiger partial charge in [-0.3, -0.25) is 0 Å². The van der Waals surface area contributed by atoms with Gasteiger partial charge in [0.15, 0.2) is 0 Å². The molecule has 0 aliphatic rings. The van der Waals surface area contributed by atoms with E-state index in [1.54, 1.807) is 37.5 Å². The highest BCUT2D eigenvalue weighted by atomic mass is 32.2. The summed E-state index contributed by atoms with van der Waals surface area (Å²) in [6.07, 6.45) is 3.12. The number of fused-ring (bicyclic) bond motifs is 1. The maximum absolute atomic E-state index is 12.9. The molecule has 0 fully saturated rings. The summed E-state index contributed by atoms with van der Waals surface area (Å²) < 4.78 is 32.5. The number of benzene rings is 2. The van der Waals surface area contributed by atoms with Crippen LogP contribution in [0.4, 0.5) is 0 Å². The van der Waals surface area contributed by atoms with Crippen LogP contribution in [0, 0.1) is 0 Å². The Labute approximate surface area is 131 Å². The van der Waals surface area contributed by atoms with Crippen LogP contribution in [0.25, 0.3) is 10.8 Å². The van der Waals surface area contributed by atoms with E-state index in [4.69, 9.17) is 4.74 Å². The highest BCUT2D eigenvalue weighted by Crippen LogP contribution is 2.32. The molecule has 0 aromatic heterocycles. The number of hydrogen-bond donors (Lipinski definition) is 0. The molecule has 0 aliphatic heterocycles. The number of ether oxygens (including phenoxy) is 1. The van der Waals surface area contributed by atoms with Gasteiger partial charge in [0.05, 0.1) is 12.0 Å². The molecule has 0 aliphatic carbocycles. The lowest BCUT2D eigenvalue weighted by Gasteiger charge is -2.20. The van der Waals surface area contributed by atoms with Crippen LogP contribution in [-0.4, -0.2) is 32.9 Å². The molecule has 2 rings (SSSR count). The predicted octanol–water partition coefficient (Wildman–Crippen LogP) is 3.21. The summed E-state index contributed by atoms with van der Waals surface area (Å²) in [6.45, 7) is 7.70. The molecule has 0 heterocycles. The Morgan fingerprint density at radius 3 is 2.18 bits per heavy atom. The van der Waals surface area contributed by atoms with Gasteiger partial charge < -0.3 is 4.74 Å². The molecule has 0 atom stereocenters. The molecule has 2 aromatic carbocycles. The van der Waals surface area contributed by atoms with Crippen molar-refractivity contribution in [2.24, 2.45) is 0 Å². The smallest absolute Gasteiger partial charge is 0.244 e. The minimum Gasteiger partial charge on any atom is -0.496 e. The van der Waals surface area contributed by atoms with E-state index in [0.717, 1.165) is 5.39 Å². The van der Waals surface area contributed by atoms with E-state index in [9.17, 15) is 8.42 Å². The quantitative estimate of drug-likeness (QED) is 0.737. The second-order valence-corrected chi connectivity index (χ2v) is 6.62. The van der Waals surface area contributed by atoms with Crippen LogP contribution in [-0.2, 0) is 10.0 Å². The van der Waals surface area contributed by atoms with E-state index in [2.05, 4.69) is 13.2 Å². The van der Waals surface area contributed by atoms with Gasteiger partial charge in [-0.05, 0) is 12.1 Å². The first-order valence-electron chi connectivity index (χ1n) is 6.84. The van der Waals surface area contributed by atoms with Crippen LogP contribution in [0.2, 0.25) is 0 Å². The molecule has 2 aromatic rings. The van der Waals surface area contributed by atoms with Gasteiger partial charge in [0.25, 0.3) is 0 Å². The number of nitrogens with zero attached hydrogens (tertiary/aromatic N) is 1. The highest BCUT2D eigenvalue weighted by molar-refractivity contribution is 7.89. The van der Waals surface area contributed by atoms with Gasteiger partial charge in [-0.25, -0.2) is 8.42 Å². The van der Waals surface area contributed by atoms with Crippen molar-refractivity contribution in [2.75, 3.05) is 20.2 Å². The van der Waals surface area contributed by atoms with Crippen molar-refractivity contribution < 1.29 is 13.2 Å². The third-order valence-corrected chi connectivity index (χ3v) is 5.24. The molecule has 0 spiro atoms. The molecule has 22 heavy (non-hydrogen) atoms. The second kappa shape index (κ2) is 6.77. The van der Waals surface area contributed by atoms with Crippen LogP contribution in [0.5, 0.6) is 5.75 Å². The van der Waals surface area contributed by atoms with Crippen molar-refractivity contribution in [3.8, 4) is 5.75 Å². The standard InChI is InChI=1S/C17H19NO3S/c1-4-12-18(13-5-2)22(19,20)17-11-10-16(21-3)14-8-6-7-9-15(14)17/h4-11H,1-2,12-13H2,3H3. The monoisotopic (exact) mass is 317 g/mol. The lowest BCUT2D eigenvalue weighted by atomic mass is 10.1. The van der Waals surface area contributed by atoms with Gasteiger partial charge in [-0.15, -0.1) is 13.2 Å². The normalized spacial score (nSPS) is 11.5. The highest BCUT2D eigenvalue weighted by Gasteiger charge is 2.25. The maximum Gasteiger partial charge on any atom is 0.244 e. The molecule has 0 bridgehead atoms. The van der Waals surface area contributed by atoms with Gasteiger partial charge in [-0.1, -0.05) is 36.4 Å². The van der Waals surface area contributed by atoms with Crippen molar-refractivity contribution in [1.29, 1.82) is 0 Å². The average molecular weight is 317 g/mol. The minimum absolute atomic E-state index is 0.231. The van der Waals surface area contributed by atoms with Crippen LogP contribution < -0.4 is 4.74 Å². The van der Waals surface area contributed by atoms with Gasteiger partial charge >= 0.3 is 0 Å². The Balaban J connectivity index is 2.68. The van der Waals surface area contributed by atoms with Crippen LogP contribution in [0.1, 0.15) is 0 Å². The van der Waals surface area contributed by atoms with E-state index in [-0.39, 0.29) is 18.0 Å². The van der Waals surface area contributed by atoms with Crippen LogP contribution in [0.15, 0.2) is 66.6 Å². The summed E-state index contributed by atoms with van der Waals surface area (Å²) in [7, 11) is -2.07. The first-order chi connectivity index (χ1) is 10.6. The fourth-order valence-corrected chi connectivity index (χ4v) is 3.92. The van der Waals surface area contributed by atoms with E-state index < -0.39 is 10.0 Å². The Bertz CT molecular complexity index is 787. The van der Waals surface area contributed by atoms with E-state index >= 15 is 0 Å². The Morgan fingerprint density at radius 2 is 1.64 bits per heavy atom. The van der Waals surface area contributed by atoms with Gasteiger partial charge in [0.2, 0.25) is 10.0 Å². The number of hydrogen-bond acceptors (Lipinski definition) is 3. The van der Waals surface area contributed by atoms with E-state index in [0.29, 0.717) is 11.1 Å². The second-order valence-electron chi connectivity index (χ2n) is 4.71. The molecule has 0 unspecified atom stereocenters. The third-order valence-electron chi connectivity index (χ3n) is 3.35. The molecule has 4 nitrogen and oxygen atoms in total. The van der Waals surface area contributed by atoms with E-state index in [1.165, 1.54) is 4.31 Å². The van der Waals surface area contributed by atoms with E-state index in [1.807, 2.05) is 18.2 Å². The topological polar surface area (TPSA) is 46.6 Å². The van der Waals surface area contributed by atoms with Crippen molar-refractivity contribution in [3.63, 3.8) is 0 Å². The summed E-state index contributed by atoms with van der Waals surface area (Å²) in [5.74, 6) is 0.647. The fraction of sp³-hybridized carbons (Fsp3) is 0.176. The van der Waals surface area contributed by atoms with Crippen LogP contribution >= 0.6 is 0 Å². The van der Waals surface area contributed by atoms with Crippen molar-refractivity contribution >= 4 is 20.8 Å². The molecule has 116 valence electrons. The maximum atomic E-state index is 12.9. The van der Waals surface area contributed by atoms with Crippen molar-refractivity contribution in [3.05, 3.63) is 61.7 Å². The molecule has 0 radical (unpaired) electrons. The van der Waals surface area contributed by atoms with Gasteiger partial charge in [0, 0.05) is 23.9 Å². The largest absolute Gasteiger partial charge is 0.496 e. The summed E-state index contributed by atoms with van der Waals surface area (Å²) in [5.41, 5.74) is 0. The van der Waals surface area contributed by atoms with Gasteiger partial charge in [-0.2, -0.15) is 4.31 Å². The SMILES string of the molecule is C=CCN(CC=C)S(=O)(=O)c1ccc(OC)c2ccccc12. The molecule has 0 N–H and O–H groups in total. The molecule has 0 amide bonds. The Hall–Kier alpha value is -2.11. The summed E-state index contributed by atoms with van der Waals surface area (Å²) in [5, 5.41) is 1.41. The number of sulfonamides is 1. The average Bonchev–Trinajstić information content (AvgIpc) is 2.53. The lowest BCUT2D eigenvalue weighted by molar-refractivity contribution is 0.419. The van der Waals surface area contributed by atoms with Crippen molar-refractivity contribution in [1.82, 2.24) is 4.31 Å². The van der Waals surface area contributed by atoms with Gasteiger partial charge in [0.1, 0.15) is 5.75 Å². The first kappa shape index (κ1) is 16.3. The minimum atomic E-state index is -3.64. The first-order valence-corrected chi connectivity index (χ1v) is 8.28. The Morgan fingerprint density at radius 1 is 1.05 bits per heavy atom. The van der Waals surface area contributed by atoms with Crippen LogP contribution in [0.3, 0.4) is 0 Å². The Kier molecular flexibility index (Phi) is 5.00. The third kappa shape index (κ3) is 2.91. The zero-order valence-electron chi connectivity index (χ0n) is 12.5. The zero-order chi connectivity index (χ0) is 16.2. The van der Waals surface area contributed by atoms with Crippen molar-refractivity contribution in [2.45, 2.75) is 4.90 Å². The summed E-state index contributed by atoms with van der Waals surface area (Å²) >= 11 is 0.